The Labute approximate surface area is 46.9 Å². The van der Waals surface area contributed by atoms with E-state index >= 15 is 0 Å². The van der Waals surface area contributed by atoms with E-state index in [4.69, 9.17) is 10.8 Å². The molecule has 0 amide bonds. The zero-order valence-corrected chi connectivity index (χ0v) is 4.33. The van der Waals surface area contributed by atoms with Gasteiger partial charge in [0.1, 0.15) is 0 Å². The Balaban J connectivity index is 3.32. The molecule has 0 bridgehead atoms. The predicted molar refractivity (Wildman–Crippen MR) is 24.7 cm³/mol. The molecule has 8 heavy (non-hydrogen) atoms. The molecule has 0 rings (SSSR count). The molecular formula is C4H8NO3-. The number of carboxylic acids is 1. The molecular weight excluding hydrogens is 110 g/mol. The third-order valence-corrected chi connectivity index (χ3v) is 0.743. The summed E-state index contributed by atoms with van der Waals surface area (Å²) in [4.78, 5) is 9.74. The van der Waals surface area contributed by atoms with Crippen LogP contribution in [0.5, 0.6) is 0 Å². The number of aliphatic hydroxyl groups excluding tert-OH is 1. The fourth-order valence-corrected chi connectivity index (χ4v) is 0.257. The van der Waals surface area contributed by atoms with Gasteiger partial charge in [-0.2, -0.15) is 0 Å². The van der Waals surface area contributed by atoms with Crippen molar-refractivity contribution in [2.75, 3.05) is 6.61 Å². The quantitative estimate of drug-likeness (QED) is 0.427. The summed E-state index contributed by atoms with van der Waals surface area (Å²) in [5.41, 5.74) is 4.90. The van der Waals surface area contributed by atoms with E-state index < -0.39 is 12.0 Å². The van der Waals surface area contributed by atoms with E-state index in [0.717, 1.165) is 0 Å². The minimum absolute atomic E-state index is 0.0579. The molecule has 1 unspecified atom stereocenters. The fraction of sp³-hybridized carbons (Fsp3) is 0.750. The van der Waals surface area contributed by atoms with Crippen LogP contribution in [0.3, 0.4) is 0 Å². The molecule has 0 heterocycles. The molecule has 0 fully saturated rings. The lowest BCUT2D eigenvalue weighted by Crippen LogP contribution is -2.42. The largest absolute Gasteiger partial charge is 0.548 e. The van der Waals surface area contributed by atoms with Gasteiger partial charge >= 0.3 is 0 Å². The van der Waals surface area contributed by atoms with Crippen LogP contribution in [-0.2, 0) is 4.79 Å². The minimum Gasteiger partial charge on any atom is -0.548 e. The summed E-state index contributed by atoms with van der Waals surface area (Å²) in [5.74, 6) is -1.32. The van der Waals surface area contributed by atoms with E-state index in [0.29, 0.717) is 0 Å². The van der Waals surface area contributed by atoms with Gasteiger partial charge in [0.25, 0.3) is 0 Å². The van der Waals surface area contributed by atoms with Crippen LogP contribution in [0.25, 0.3) is 0 Å². The van der Waals surface area contributed by atoms with Crippen LogP contribution in [-0.4, -0.2) is 23.7 Å². The SMILES string of the molecule is NC(CCO)C(=O)[O-]. The number of hydrogen-bond acceptors (Lipinski definition) is 4. The Morgan fingerprint density at radius 1 is 1.88 bits per heavy atom. The highest BCUT2D eigenvalue weighted by Gasteiger charge is 1.99. The van der Waals surface area contributed by atoms with Crippen molar-refractivity contribution < 1.29 is 15.0 Å². The summed E-state index contributed by atoms with van der Waals surface area (Å²) in [7, 11) is 0. The third kappa shape index (κ3) is 2.54. The summed E-state index contributed by atoms with van der Waals surface area (Å²) in [5, 5.41) is 17.9. The van der Waals surface area contributed by atoms with Gasteiger partial charge in [0.2, 0.25) is 0 Å². The molecule has 0 aromatic carbocycles. The van der Waals surface area contributed by atoms with Gasteiger partial charge in [-0.25, -0.2) is 0 Å². The van der Waals surface area contributed by atoms with Crippen molar-refractivity contribution in [2.24, 2.45) is 5.73 Å². The monoisotopic (exact) mass is 118 g/mol. The minimum atomic E-state index is -1.32. The predicted octanol–water partition coefficient (Wildman–Crippen LogP) is -2.55. The highest BCUT2D eigenvalue weighted by molar-refractivity contribution is 5.70. The average Bonchev–Trinajstić information content (AvgIpc) is 1.67. The van der Waals surface area contributed by atoms with Crippen molar-refractivity contribution in [1.29, 1.82) is 0 Å². The first-order valence-corrected chi connectivity index (χ1v) is 2.25. The Bertz CT molecular complexity index is 83.4. The Morgan fingerprint density at radius 2 is 2.38 bits per heavy atom. The van der Waals surface area contributed by atoms with Gasteiger partial charge in [-0.1, -0.05) is 0 Å². The standard InChI is InChI=1S/C4H9NO3/c5-3(1-2-6)4(7)8/h3,6H,1-2,5H2,(H,7,8)/p-1. The molecule has 0 saturated carbocycles. The van der Waals surface area contributed by atoms with Crippen LogP contribution < -0.4 is 10.8 Å². The Hall–Kier alpha value is -0.610. The molecule has 0 saturated heterocycles. The van der Waals surface area contributed by atoms with Crippen LogP contribution in [0.1, 0.15) is 6.42 Å². The molecule has 3 N–H and O–H groups in total. The second-order valence-corrected chi connectivity index (χ2v) is 1.44. The Morgan fingerprint density at radius 3 is 2.50 bits per heavy atom. The lowest BCUT2D eigenvalue weighted by Gasteiger charge is -2.08. The smallest absolute Gasteiger partial charge is 0.0583 e. The van der Waals surface area contributed by atoms with Crippen molar-refractivity contribution in [2.45, 2.75) is 12.5 Å². The maximum absolute atomic E-state index is 9.74. The van der Waals surface area contributed by atoms with Crippen molar-refractivity contribution in [3.8, 4) is 0 Å². The van der Waals surface area contributed by atoms with E-state index in [1.165, 1.54) is 0 Å². The number of carbonyl (C=O) groups excluding carboxylic acids is 1. The zero-order valence-electron chi connectivity index (χ0n) is 4.33. The van der Waals surface area contributed by atoms with Gasteiger partial charge in [-0.15, -0.1) is 0 Å². The molecule has 0 aliphatic carbocycles. The van der Waals surface area contributed by atoms with E-state index in [2.05, 4.69) is 0 Å². The molecule has 0 aliphatic heterocycles. The van der Waals surface area contributed by atoms with Gasteiger partial charge in [0.15, 0.2) is 0 Å². The van der Waals surface area contributed by atoms with Gasteiger partial charge < -0.3 is 20.7 Å². The number of carbonyl (C=O) groups is 1. The molecule has 0 radical (unpaired) electrons. The molecule has 0 spiro atoms. The third-order valence-electron chi connectivity index (χ3n) is 0.743. The average molecular weight is 118 g/mol. The molecule has 48 valence electrons. The van der Waals surface area contributed by atoms with Crippen LogP contribution in [0, 0.1) is 0 Å². The van der Waals surface area contributed by atoms with E-state index in [9.17, 15) is 9.90 Å². The van der Waals surface area contributed by atoms with Crippen molar-refractivity contribution in [1.82, 2.24) is 0 Å². The molecule has 0 aromatic heterocycles. The lowest BCUT2D eigenvalue weighted by molar-refractivity contribution is -0.307. The van der Waals surface area contributed by atoms with Gasteiger partial charge in [-0.05, 0) is 6.42 Å². The van der Waals surface area contributed by atoms with Crippen LogP contribution in [0.2, 0.25) is 0 Å². The van der Waals surface area contributed by atoms with E-state index in [1.807, 2.05) is 0 Å². The summed E-state index contributed by atoms with van der Waals surface area (Å²) < 4.78 is 0. The van der Waals surface area contributed by atoms with Crippen LogP contribution in [0.15, 0.2) is 0 Å². The van der Waals surface area contributed by atoms with Gasteiger partial charge in [0, 0.05) is 12.6 Å². The summed E-state index contributed by atoms with van der Waals surface area (Å²) >= 11 is 0. The maximum atomic E-state index is 9.74. The first-order valence-electron chi connectivity index (χ1n) is 2.25. The van der Waals surface area contributed by atoms with Crippen molar-refractivity contribution >= 4 is 5.97 Å². The van der Waals surface area contributed by atoms with Crippen LogP contribution >= 0.6 is 0 Å². The number of aliphatic hydroxyl groups is 1. The van der Waals surface area contributed by atoms with Crippen LogP contribution in [0.4, 0.5) is 0 Å². The number of nitrogens with two attached hydrogens (primary N) is 1. The number of hydrogen-bond donors (Lipinski definition) is 2. The second kappa shape index (κ2) is 3.40. The highest BCUT2D eigenvalue weighted by atomic mass is 16.4. The van der Waals surface area contributed by atoms with E-state index in [1.54, 1.807) is 0 Å². The first kappa shape index (κ1) is 7.39. The molecule has 0 aromatic rings. The zero-order chi connectivity index (χ0) is 6.57. The molecule has 4 nitrogen and oxygen atoms in total. The van der Waals surface area contributed by atoms with Gasteiger partial charge in [-0.3, -0.25) is 0 Å². The van der Waals surface area contributed by atoms with Crippen molar-refractivity contribution in [3.63, 3.8) is 0 Å². The lowest BCUT2D eigenvalue weighted by atomic mass is 10.2. The fourth-order valence-electron chi connectivity index (χ4n) is 0.257. The normalized spacial score (nSPS) is 13.2. The number of carboxylic acid groups (broad SMARTS) is 1. The van der Waals surface area contributed by atoms with Gasteiger partial charge in [0.05, 0.1) is 5.97 Å². The first-order chi connectivity index (χ1) is 3.68. The number of aliphatic carboxylic acids is 1. The topological polar surface area (TPSA) is 86.4 Å². The molecule has 1 atom stereocenters. The van der Waals surface area contributed by atoms with Crippen molar-refractivity contribution in [3.05, 3.63) is 0 Å². The highest BCUT2D eigenvalue weighted by Crippen LogP contribution is 1.81. The maximum Gasteiger partial charge on any atom is 0.0583 e. The summed E-state index contributed by atoms with van der Waals surface area (Å²) in [6, 6.07) is -1.03. The summed E-state index contributed by atoms with van der Waals surface area (Å²) in [6.07, 6.45) is 0.0579. The summed E-state index contributed by atoms with van der Waals surface area (Å²) in [6.45, 7) is -0.213. The van der Waals surface area contributed by atoms with E-state index in [-0.39, 0.29) is 13.0 Å². The molecule has 0 aliphatic rings. The molecule has 4 heteroatoms. The second-order valence-electron chi connectivity index (χ2n) is 1.44. The Kier molecular flexibility index (Phi) is 3.14. The number of rotatable bonds is 3.